The number of nitrogens with one attached hydrogen (secondary N) is 1. The molecular formula is C25H31N3O2. The molecule has 5 nitrogen and oxygen atoms in total. The van der Waals surface area contributed by atoms with Gasteiger partial charge in [0.1, 0.15) is 6.10 Å². The molecule has 2 aromatic rings. The van der Waals surface area contributed by atoms with Crippen molar-refractivity contribution in [2.24, 2.45) is 0 Å². The first kappa shape index (κ1) is 19.7. The minimum Gasteiger partial charge on any atom is -0.382 e. The number of hydrogen-bond donors (Lipinski definition) is 2. The Morgan fingerprint density at radius 1 is 0.933 bits per heavy atom. The van der Waals surface area contributed by atoms with Crippen LogP contribution in [0.5, 0.6) is 0 Å². The van der Waals surface area contributed by atoms with E-state index < -0.39 is 6.10 Å². The number of aliphatic hydroxyl groups excluding tert-OH is 1. The molecule has 1 saturated heterocycles. The maximum absolute atomic E-state index is 12.7. The lowest BCUT2D eigenvalue weighted by molar-refractivity contribution is -0.142. The highest BCUT2D eigenvalue weighted by atomic mass is 16.3. The van der Waals surface area contributed by atoms with Gasteiger partial charge in [-0.1, -0.05) is 61.4 Å². The molecular weight excluding hydrogens is 374 g/mol. The lowest BCUT2D eigenvalue weighted by Crippen LogP contribution is -2.53. The Hall–Kier alpha value is -2.21. The first-order valence-corrected chi connectivity index (χ1v) is 11.3. The summed E-state index contributed by atoms with van der Waals surface area (Å²) in [5, 5.41) is 13.8. The highest BCUT2D eigenvalue weighted by Crippen LogP contribution is 2.46. The molecule has 0 spiro atoms. The van der Waals surface area contributed by atoms with Crippen LogP contribution in [0, 0.1) is 0 Å². The predicted octanol–water partition coefficient (Wildman–Crippen LogP) is 2.79. The molecule has 0 bridgehead atoms. The number of fused-ring (bicyclic) bond motifs is 3. The van der Waals surface area contributed by atoms with E-state index in [1.54, 1.807) is 0 Å². The molecule has 3 aliphatic rings. The molecule has 0 radical (unpaired) electrons. The zero-order chi connectivity index (χ0) is 20.5. The summed E-state index contributed by atoms with van der Waals surface area (Å²) in [6.45, 7) is 3.34. The van der Waals surface area contributed by atoms with Crippen LogP contribution < -0.4 is 5.32 Å². The molecule has 2 aliphatic carbocycles. The Morgan fingerprint density at radius 3 is 2.10 bits per heavy atom. The molecule has 1 saturated carbocycles. The number of piperazine rings is 1. The fraction of sp³-hybridized carbons (Fsp3) is 0.480. The average molecular weight is 406 g/mol. The van der Waals surface area contributed by atoms with Crippen molar-refractivity contribution in [1.29, 1.82) is 0 Å². The van der Waals surface area contributed by atoms with Crippen LogP contribution in [0.15, 0.2) is 48.5 Å². The summed E-state index contributed by atoms with van der Waals surface area (Å²) in [6, 6.07) is 18.0. The first-order chi connectivity index (χ1) is 14.7. The highest BCUT2D eigenvalue weighted by molar-refractivity contribution is 5.81. The molecule has 1 unspecified atom stereocenters. The second-order valence-corrected chi connectivity index (χ2v) is 8.84. The number of benzene rings is 2. The van der Waals surface area contributed by atoms with Crippen molar-refractivity contribution in [2.75, 3.05) is 32.7 Å². The van der Waals surface area contributed by atoms with Crippen molar-refractivity contribution in [2.45, 2.75) is 43.9 Å². The molecule has 1 atom stereocenters. The summed E-state index contributed by atoms with van der Waals surface area (Å²) in [6.07, 6.45) is 3.87. The molecule has 2 aromatic carbocycles. The third-order valence-corrected chi connectivity index (χ3v) is 7.03. The van der Waals surface area contributed by atoms with Gasteiger partial charge in [-0.05, 0) is 35.1 Å². The maximum Gasteiger partial charge on any atom is 0.252 e. The van der Waals surface area contributed by atoms with Crippen LogP contribution >= 0.6 is 0 Å². The largest absolute Gasteiger partial charge is 0.382 e. The van der Waals surface area contributed by atoms with Gasteiger partial charge in [0.25, 0.3) is 5.91 Å². The van der Waals surface area contributed by atoms with Crippen LogP contribution in [0.2, 0.25) is 0 Å². The van der Waals surface area contributed by atoms with Crippen LogP contribution in [0.25, 0.3) is 11.1 Å². The average Bonchev–Trinajstić information content (AvgIpc) is 3.43. The second-order valence-electron chi connectivity index (χ2n) is 8.84. The summed E-state index contributed by atoms with van der Waals surface area (Å²) in [4.78, 5) is 17.1. The van der Waals surface area contributed by atoms with Crippen LogP contribution in [0.3, 0.4) is 0 Å². The predicted molar refractivity (Wildman–Crippen MR) is 118 cm³/mol. The molecule has 1 amide bonds. The van der Waals surface area contributed by atoms with E-state index in [0.29, 0.717) is 25.7 Å². The molecule has 0 aromatic heterocycles. The number of carbonyl (C=O) groups is 1. The lowest BCUT2D eigenvalue weighted by Gasteiger charge is -2.39. The van der Waals surface area contributed by atoms with Gasteiger partial charge >= 0.3 is 0 Å². The number of carbonyl (C=O) groups excluding carboxylic acids is 1. The minimum atomic E-state index is -0.940. The van der Waals surface area contributed by atoms with Gasteiger partial charge in [0.05, 0.1) is 6.04 Å². The Bertz CT molecular complexity index is 855. The molecule has 1 heterocycles. The third kappa shape index (κ3) is 3.66. The number of aliphatic hydroxyl groups is 1. The van der Waals surface area contributed by atoms with Gasteiger partial charge in [0.2, 0.25) is 0 Å². The maximum atomic E-state index is 12.7. The number of hydrogen-bond acceptors (Lipinski definition) is 4. The van der Waals surface area contributed by atoms with Gasteiger partial charge < -0.3 is 15.3 Å². The molecule has 5 heteroatoms. The van der Waals surface area contributed by atoms with Crippen molar-refractivity contribution in [3.63, 3.8) is 0 Å². The van der Waals surface area contributed by atoms with Crippen molar-refractivity contribution in [3.05, 3.63) is 59.7 Å². The summed E-state index contributed by atoms with van der Waals surface area (Å²) < 4.78 is 0. The molecule has 2 fully saturated rings. The fourth-order valence-corrected chi connectivity index (χ4v) is 5.43. The molecule has 30 heavy (non-hydrogen) atoms. The standard InChI is InChI=1S/C25H31N3O2/c29-23(17-26-18-7-1-2-8-18)25(30)28-15-13-27(14-16-28)24-21-11-5-3-9-19(21)20-10-4-6-12-22(20)24/h3-6,9-12,18,23-24,26,29H,1-2,7-8,13-17H2. The van der Waals surface area contributed by atoms with Crippen LogP contribution in [0.4, 0.5) is 0 Å². The summed E-state index contributed by atoms with van der Waals surface area (Å²) in [5.74, 6) is -0.132. The molecule has 2 N–H and O–H groups in total. The Balaban J connectivity index is 1.22. The lowest BCUT2D eigenvalue weighted by atomic mass is 10.0. The molecule has 158 valence electrons. The van der Waals surface area contributed by atoms with E-state index in [2.05, 4.69) is 58.7 Å². The quantitative estimate of drug-likeness (QED) is 0.803. The zero-order valence-corrected chi connectivity index (χ0v) is 17.5. The van der Waals surface area contributed by atoms with Crippen LogP contribution in [0.1, 0.15) is 42.9 Å². The Morgan fingerprint density at radius 2 is 1.50 bits per heavy atom. The van der Waals surface area contributed by atoms with Crippen LogP contribution in [-0.2, 0) is 4.79 Å². The normalized spacial score (nSPS) is 20.9. The minimum absolute atomic E-state index is 0.132. The van der Waals surface area contributed by atoms with Gasteiger partial charge in [0.15, 0.2) is 0 Å². The summed E-state index contributed by atoms with van der Waals surface area (Å²) in [5.41, 5.74) is 5.37. The monoisotopic (exact) mass is 405 g/mol. The topological polar surface area (TPSA) is 55.8 Å². The second kappa shape index (κ2) is 8.50. The van der Waals surface area contributed by atoms with Gasteiger partial charge in [-0.3, -0.25) is 9.69 Å². The third-order valence-electron chi connectivity index (χ3n) is 7.03. The van der Waals surface area contributed by atoms with E-state index in [9.17, 15) is 9.90 Å². The van der Waals surface area contributed by atoms with E-state index in [1.165, 1.54) is 35.1 Å². The number of nitrogens with zero attached hydrogens (tertiary/aromatic N) is 2. The highest BCUT2D eigenvalue weighted by Gasteiger charge is 2.35. The van der Waals surface area contributed by atoms with Crippen molar-refractivity contribution >= 4 is 5.91 Å². The first-order valence-electron chi connectivity index (χ1n) is 11.3. The smallest absolute Gasteiger partial charge is 0.252 e. The van der Waals surface area contributed by atoms with E-state index in [-0.39, 0.29) is 11.9 Å². The SMILES string of the molecule is O=C(C(O)CNC1CCCC1)N1CCN(C2c3ccccc3-c3ccccc32)CC1. The van der Waals surface area contributed by atoms with E-state index in [1.807, 2.05) is 4.90 Å². The zero-order valence-electron chi connectivity index (χ0n) is 17.5. The van der Waals surface area contributed by atoms with Gasteiger partial charge in [0, 0.05) is 38.8 Å². The molecule has 1 aliphatic heterocycles. The molecule has 5 rings (SSSR count). The fourth-order valence-electron chi connectivity index (χ4n) is 5.43. The van der Waals surface area contributed by atoms with Gasteiger partial charge in [-0.2, -0.15) is 0 Å². The van der Waals surface area contributed by atoms with Crippen molar-refractivity contribution in [3.8, 4) is 11.1 Å². The van der Waals surface area contributed by atoms with Gasteiger partial charge in [-0.25, -0.2) is 0 Å². The Kier molecular flexibility index (Phi) is 5.59. The summed E-state index contributed by atoms with van der Waals surface area (Å²) in [7, 11) is 0. The van der Waals surface area contributed by atoms with Crippen molar-refractivity contribution < 1.29 is 9.90 Å². The van der Waals surface area contributed by atoms with E-state index in [0.717, 1.165) is 25.9 Å². The van der Waals surface area contributed by atoms with E-state index >= 15 is 0 Å². The van der Waals surface area contributed by atoms with E-state index in [4.69, 9.17) is 0 Å². The van der Waals surface area contributed by atoms with Crippen molar-refractivity contribution in [1.82, 2.24) is 15.1 Å². The summed E-state index contributed by atoms with van der Waals surface area (Å²) >= 11 is 0. The number of rotatable bonds is 5. The number of amides is 1. The Labute approximate surface area is 178 Å². The van der Waals surface area contributed by atoms with Crippen LogP contribution in [-0.4, -0.2) is 65.7 Å². The van der Waals surface area contributed by atoms with Gasteiger partial charge in [-0.15, -0.1) is 0 Å².